The third kappa shape index (κ3) is 11.5. The maximum absolute atomic E-state index is 12.5. The van der Waals surface area contributed by atoms with Gasteiger partial charge in [-0.25, -0.2) is 9.59 Å². The number of alkyl carbamates (subject to hydrolysis) is 2. The normalized spacial score (nSPS) is 13.7. The largest absolute Gasteiger partial charge is 0.444 e. The van der Waals surface area contributed by atoms with Crippen molar-refractivity contribution in [3.05, 3.63) is 83.9 Å². The van der Waals surface area contributed by atoms with Crippen LogP contribution in [0.4, 0.5) is 9.59 Å². The first-order chi connectivity index (χ1) is 15.9. The fourth-order valence-corrected chi connectivity index (χ4v) is 3.26. The highest BCUT2D eigenvalue weighted by molar-refractivity contribution is 5.69. The van der Waals surface area contributed by atoms with E-state index in [0.29, 0.717) is 12.8 Å². The van der Waals surface area contributed by atoms with E-state index in [2.05, 4.69) is 10.6 Å². The zero-order chi connectivity index (χ0) is 25.2. The second-order valence-corrected chi connectivity index (χ2v) is 10.3. The van der Waals surface area contributed by atoms with E-state index in [1.807, 2.05) is 114 Å². The van der Waals surface area contributed by atoms with Crippen molar-refractivity contribution < 1.29 is 19.1 Å². The Bertz CT molecular complexity index is 851. The van der Waals surface area contributed by atoms with Gasteiger partial charge in [-0.05, 0) is 65.5 Å². The van der Waals surface area contributed by atoms with Gasteiger partial charge in [0.05, 0.1) is 12.1 Å². The van der Waals surface area contributed by atoms with Gasteiger partial charge in [-0.3, -0.25) is 0 Å². The molecule has 0 aliphatic carbocycles. The van der Waals surface area contributed by atoms with Crippen LogP contribution in [0.2, 0.25) is 0 Å². The van der Waals surface area contributed by atoms with E-state index in [-0.39, 0.29) is 12.1 Å². The molecule has 2 amide bonds. The molecule has 2 atom stereocenters. The molecular formula is C28H38N2O4. The Kier molecular flexibility index (Phi) is 9.72. The minimum atomic E-state index is -0.598. The van der Waals surface area contributed by atoms with Gasteiger partial charge in [0.15, 0.2) is 0 Å². The first-order valence-electron chi connectivity index (χ1n) is 11.6. The molecule has 0 aliphatic rings. The van der Waals surface area contributed by atoms with Crippen molar-refractivity contribution in [1.82, 2.24) is 10.6 Å². The van der Waals surface area contributed by atoms with Crippen LogP contribution in [0, 0.1) is 0 Å². The van der Waals surface area contributed by atoms with Crippen LogP contribution < -0.4 is 10.6 Å². The van der Waals surface area contributed by atoms with Gasteiger partial charge in [0.2, 0.25) is 0 Å². The summed E-state index contributed by atoms with van der Waals surface area (Å²) in [6, 6.07) is 19.2. The highest BCUT2D eigenvalue weighted by atomic mass is 16.6. The van der Waals surface area contributed by atoms with Crippen LogP contribution in [-0.4, -0.2) is 35.5 Å². The Hall–Kier alpha value is -3.28. The van der Waals surface area contributed by atoms with Crippen molar-refractivity contribution in [2.75, 3.05) is 0 Å². The van der Waals surface area contributed by atoms with Gasteiger partial charge in [0.1, 0.15) is 11.2 Å². The van der Waals surface area contributed by atoms with Crippen LogP contribution in [0.5, 0.6) is 0 Å². The van der Waals surface area contributed by atoms with Crippen LogP contribution in [-0.2, 0) is 22.3 Å². The second-order valence-electron chi connectivity index (χ2n) is 10.3. The van der Waals surface area contributed by atoms with Crippen molar-refractivity contribution >= 4 is 12.2 Å². The van der Waals surface area contributed by atoms with E-state index < -0.39 is 23.4 Å². The van der Waals surface area contributed by atoms with Crippen molar-refractivity contribution in [2.45, 2.75) is 77.7 Å². The van der Waals surface area contributed by atoms with E-state index in [1.165, 1.54) is 0 Å². The summed E-state index contributed by atoms with van der Waals surface area (Å²) in [5, 5.41) is 5.88. The van der Waals surface area contributed by atoms with E-state index in [0.717, 1.165) is 11.1 Å². The molecule has 2 aromatic carbocycles. The highest BCUT2D eigenvalue weighted by Crippen LogP contribution is 2.12. The number of benzene rings is 2. The molecule has 2 N–H and O–H groups in total. The molecule has 0 saturated heterocycles. The topological polar surface area (TPSA) is 76.7 Å². The zero-order valence-corrected chi connectivity index (χ0v) is 21.1. The summed E-state index contributed by atoms with van der Waals surface area (Å²) in [4.78, 5) is 24.9. The number of rotatable bonds is 8. The third-order valence-corrected chi connectivity index (χ3v) is 4.58. The molecule has 2 rings (SSSR count). The van der Waals surface area contributed by atoms with Gasteiger partial charge in [0, 0.05) is 0 Å². The standard InChI is InChI=1S/C28H38N2O4/c1-27(2,3)33-25(31)29-23(19-21-13-9-7-10-14-21)17-18-24(20-22-15-11-8-12-16-22)30-26(32)34-28(4,5)6/h7-18,23-24H,19-20H2,1-6H3,(H,29,31)(H,30,32)/b18-17+/t23-,24-/m1/s1. The zero-order valence-electron chi connectivity index (χ0n) is 21.1. The van der Waals surface area contributed by atoms with Crippen molar-refractivity contribution in [3.63, 3.8) is 0 Å². The average Bonchev–Trinajstić information content (AvgIpc) is 2.70. The molecule has 6 heteroatoms. The maximum Gasteiger partial charge on any atom is 0.408 e. The summed E-state index contributed by atoms with van der Waals surface area (Å²) in [5.41, 5.74) is 0.958. The van der Waals surface area contributed by atoms with Gasteiger partial charge < -0.3 is 20.1 Å². The fourth-order valence-electron chi connectivity index (χ4n) is 3.26. The lowest BCUT2D eigenvalue weighted by Gasteiger charge is -2.24. The van der Waals surface area contributed by atoms with Crippen molar-refractivity contribution in [2.24, 2.45) is 0 Å². The lowest BCUT2D eigenvalue weighted by atomic mass is 10.0. The van der Waals surface area contributed by atoms with E-state index >= 15 is 0 Å². The molecule has 34 heavy (non-hydrogen) atoms. The quantitative estimate of drug-likeness (QED) is 0.481. The number of carbonyl (C=O) groups is 2. The minimum absolute atomic E-state index is 0.323. The smallest absolute Gasteiger partial charge is 0.408 e. The first-order valence-corrected chi connectivity index (χ1v) is 11.6. The van der Waals surface area contributed by atoms with Crippen LogP contribution in [0.15, 0.2) is 72.8 Å². The summed E-state index contributed by atoms with van der Waals surface area (Å²) in [6.07, 6.45) is 4.00. The van der Waals surface area contributed by atoms with Gasteiger partial charge in [0.25, 0.3) is 0 Å². The molecule has 184 valence electrons. The molecule has 0 unspecified atom stereocenters. The predicted molar refractivity (Wildman–Crippen MR) is 136 cm³/mol. The molecule has 0 fully saturated rings. The number of amides is 2. The Balaban J connectivity index is 2.21. The average molecular weight is 467 g/mol. The summed E-state index contributed by atoms with van der Waals surface area (Å²) in [7, 11) is 0. The molecule has 6 nitrogen and oxygen atoms in total. The lowest BCUT2D eigenvalue weighted by Crippen LogP contribution is -2.41. The predicted octanol–water partition coefficient (Wildman–Crippen LogP) is 5.81. The monoisotopic (exact) mass is 466 g/mol. The molecule has 0 saturated carbocycles. The molecule has 2 aromatic rings. The van der Waals surface area contributed by atoms with E-state index in [4.69, 9.17) is 9.47 Å². The summed E-state index contributed by atoms with van der Waals surface area (Å²) >= 11 is 0. The van der Waals surface area contributed by atoms with Crippen LogP contribution in [0.25, 0.3) is 0 Å². The highest BCUT2D eigenvalue weighted by Gasteiger charge is 2.21. The van der Waals surface area contributed by atoms with Crippen LogP contribution >= 0.6 is 0 Å². The molecular weight excluding hydrogens is 428 g/mol. The van der Waals surface area contributed by atoms with Crippen LogP contribution in [0.3, 0.4) is 0 Å². The number of carbonyl (C=O) groups excluding carboxylic acids is 2. The second kappa shape index (κ2) is 12.3. The minimum Gasteiger partial charge on any atom is -0.444 e. The Morgan fingerprint density at radius 2 is 1.00 bits per heavy atom. The molecule has 0 bridgehead atoms. The van der Waals surface area contributed by atoms with Gasteiger partial charge in [-0.2, -0.15) is 0 Å². The first kappa shape index (κ1) is 27.0. The van der Waals surface area contributed by atoms with E-state index in [9.17, 15) is 9.59 Å². The Morgan fingerprint density at radius 3 is 1.29 bits per heavy atom. The summed E-state index contributed by atoms with van der Waals surface area (Å²) in [6.45, 7) is 11.0. The van der Waals surface area contributed by atoms with Crippen LogP contribution in [0.1, 0.15) is 52.7 Å². The Morgan fingerprint density at radius 1 is 0.676 bits per heavy atom. The molecule has 0 radical (unpaired) electrons. The summed E-state index contributed by atoms with van der Waals surface area (Å²) in [5.74, 6) is 0. The number of hydrogen-bond donors (Lipinski definition) is 2. The molecule has 0 aliphatic heterocycles. The van der Waals surface area contributed by atoms with Crippen molar-refractivity contribution in [3.8, 4) is 0 Å². The molecule has 0 spiro atoms. The number of ether oxygens (including phenoxy) is 2. The SMILES string of the molecule is CC(C)(C)OC(=O)N[C@H](/C=C/[C@H](Cc1ccccc1)NC(=O)OC(C)(C)C)Cc1ccccc1. The fraction of sp³-hybridized carbons (Fsp3) is 0.429. The van der Waals surface area contributed by atoms with Gasteiger partial charge in [-0.1, -0.05) is 72.8 Å². The number of nitrogens with one attached hydrogen (secondary N) is 2. The number of hydrogen-bond acceptors (Lipinski definition) is 4. The summed E-state index contributed by atoms with van der Waals surface area (Å²) < 4.78 is 10.9. The Labute approximate surface area is 203 Å². The lowest BCUT2D eigenvalue weighted by molar-refractivity contribution is 0.0499. The molecule has 0 heterocycles. The van der Waals surface area contributed by atoms with E-state index in [1.54, 1.807) is 0 Å². The third-order valence-electron chi connectivity index (χ3n) is 4.58. The van der Waals surface area contributed by atoms with Gasteiger partial charge in [-0.15, -0.1) is 0 Å². The van der Waals surface area contributed by atoms with Crippen molar-refractivity contribution in [1.29, 1.82) is 0 Å². The maximum atomic E-state index is 12.5. The van der Waals surface area contributed by atoms with Gasteiger partial charge >= 0.3 is 12.2 Å². The molecule has 0 aromatic heterocycles.